The lowest BCUT2D eigenvalue weighted by molar-refractivity contribution is 0.306. The van der Waals surface area contributed by atoms with E-state index in [4.69, 9.17) is 0 Å². The molecule has 1 aromatic carbocycles. The summed E-state index contributed by atoms with van der Waals surface area (Å²) in [6.45, 7) is 12.2. The molecule has 3 nitrogen and oxygen atoms in total. The third-order valence-corrected chi connectivity index (χ3v) is 7.74. The van der Waals surface area contributed by atoms with Crippen molar-refractivity contribution in [3.8, 4) is 0 Å². The zero-order valence-corrected chi connectivity index (χ0v) is 16.2. The van der Waals surface area contributed by atoms with Gasteiger partial charge in [-0.3, -0.25) is 0 Å². The maximum atomic E-state index is 13.0. The second kappa shape index (κ2) is 6.94. The molecule has 4 heteroatoms. The van der Waals surface area contributed by atoms with E-state index < -0.39 is 10.0 Å². The van der Waals surface area contributed by atoms with Gasteiger partial charge in [-0.15, -0.1) is 0 Å². The van der Waals surface area contributed by atoms with Crippen molar-refractivity contribution in [1.82, 2.24) is 4.72 Å². The Bertz CT molecular complexity index is 655. The van der Waals surface area contributed by atoms with E-state index in [0.717, 1.165) is 53.9 Å². The summed E-state index contributed by atoms with van der Waals surface area (Å²) in [6, 6.07) is 0.0866. The van der Waals surface area contributed by atoms with Crippen molar-refractivity contribution in [3.63, 3.8) is 0 Å². The average Bonchev–Trinajstić information content (AvgIpc) is 2.51. The maximum Gasteiger partial charge on any atom is 0.241 e. The molecule has 23 heavy (non-hydrogen) atoms. The maximum absolute atomic E-state index is 13.0. The predicted octanol–water partition coefficient (Wildman–Crippen LogP) is 4.48. The molecule has 0 bridgehead atoms. The smallest absolute Gasteiger partial charge is 0.208 e. The number of sulfonamides is 1. The number of rotatable bonds is 4. The summed E-state index contributed by atoms with van der Waals surface area (Å²) in [5.41, 5.74) is 5.15. The van der Waals surface area contributed by atoms with E-state index in [0.29, 0.717) is 4.90 Å². The molecule has 0 amide bonds. The summed E-state index contributed by atoms with van der Waals surface area (Å²) in [5, 5.41) is 0. The normalized spacial score (nSPS) is 22.3. The predicted molar refractivity (Wildman–Crippen MR) is 96.5 cm³/mol. The van der Waals surface area contributed by atoms with Gasteiger partial charge in [0.2, 0.25) is 10.0 Å². The molecular formula is C19H31NO2S. The second-order valence-corrected chi connectivity index (χ2v) is 8.85. The van der Waals surface area contributed by atoms with Gasteiger partial charge >= 0.3 is 0 Å². The van der Waals surface area contributed by atoms with E-state index in [2.05, 4.69) is 18.6 Å². The van der Waals surface area contributed by atoms with Crippen LogP contribution in [0.1, 0.15) is 66.8 Å². The molecule has 2 rings (SSSR count). The van der Waals surface area contributed by atoms with Crippen molar-refractivity contribution in [2.24, 2.45) is 5.92 Å². The fourth-order valence-corrected chi connectivity index (χ4v) is 5.74. The molecule has 1 fully saturated rings. The van der Waals surface area contributed by atoms with Gasteiger partial charge < -0.3 is 0 Å². The van der Waals surface area contributed by atoms with Gasteiger partial charge in [0.15, 0.2) is 0 Å². The van der Waals surface area contributed by atoms with Crippen LogP contribution in [0.15, 0.2) is 4.90 Å². The van der Waals surface area contributed by atoms with Gasteiger partial charge in [-0.1, -0.05) is 13.3 Å². The highest BCUT2D eigenvalue weighted by atomic mass is 32.2. The fourth-order valence-electron chi connectivity index (χ4n) is 3.84. The number of nitrogens with one attached hydrogen (secondary N) is 1. The Hall–Kier alpha value is -0.870. The molecule has 130 valence electrons. The number of hydrogen-bond donors (Lipinski definition) is 1. The van der Waals surface area contributed by atoms with Crippen LogP contribution in [-0.4, -0.2) is 14.5 Å². The van der Waals surface area contributed by atoms with Gasteiger partial charge in [0.25, 0.3) is 0 Å². The SMILES string of the molecule is CCC1CCC(NS(=O)(=O)c2c(C)c(C)c(C)c(C)c2C)CC1. The van der Waals surface area contributed by atoms with Crippen LogP contribution in [0.3, 0.4) is 0 Å². The Labute approximate surface area is 141 Å². The fraction of sp³-hybridized carbons (Fsp3) is 0.684. The van der Waals surface area contributed by atoms with Crippen molar-refractivity contribution in [1.29, 1.82) is 0 Å². The molecule has 0 heterocycles. The lowest BCUT2D eigenvalue weighted by atomic mass is 9.85. The van der Waals surface area contributed by atoms with Crippen molar-refractivity contribution in [2.45, 2.75) is 84.6 Å². The first-order chi connectivity index (χ1) is 10.7. The topological polar surface area (TPSA) is 46.2 Å². The lowest BCUT2D eigenvalue weighted by Gasteiger charge is -2.29. The Kier molecular flexibility index (Phi) is 5.57. The Balaban J connectivity index is 2.31. The molecular weight excluding hydrogens is 306 g/mol. The Morgan fingerprint density at radius 1 is 0.826 bits per heavy atom. The standard InChI is InChI=1S/C19H31NO2S/c1-7-17-8-10-18(11-9-17)20-23(21,22)19-15(5)13(3)12(2)14(4)16(19)6/h17-18,20H,7-11H2,1-6H3. The molecule has 1 aliphatic rings. The molecule has 1 aliphatic carbocycles. The largest absolute Gasteiger partial charge is 0.241 e. The van der Waals surface area contributed by atoms with Crippen molar-refractivity contribution < 1.29 is 8.42 Å². The Morgan fingerprint density at radius 3 is 1.70 bits per heavy atom. The van der Waals surface area contributed by atoms with Crippen LogP contribution in [0.4, 0.5) is 0 Å². The molecule has 0 radical (unpaired) electrons. The van der Waals surface area contributed by atoms with E-state index >= 15 is 0 Å². The van der Waals surface area contributed by atoms with E-state index in [1.54, 1.807) is 0 Å². The molecule has 0 unspecified atom stereocenters. The number of hydrogen-bond acceptors (Lipinski definition) is 2. The van der Waals surface area contributed by atoms with Crippen molar-refractivity contribution >= 4 is 10.0 Å². The molecule has 0 saturated heterocycles. The third kappa shape index (κ3) is 3.63. The van der Waals surface area contributed by atoms with Crippen LogP contribution in [0.2, 0.25) is 0 Å². The van der Waals surface area contributed by atoms with E-state index in [1.807, 2.05) is 27.7 Å². The molecule has 0 aliphatic heterocycles. The third-order valence-electron chi connectivity index (χ3n) is 5.95. The summed E-state index contributed by atoms with van der Waals surface area (Å²) in [6.07, 6.45) is 5.38. The highest BCUT2D eigenvalue weighted by Gasteiger charge is 2.28. The minimum atomic E-state index is -3.46. The molecule has 0 spiro atoms. The summed E-state index contributed by atoms with van der Waals surface area (Å²) in [7, 11) is -3.46. The van der Waals surface area contributed by atoms with Crippen LogP contribution in [0.25, 0.3) is 0 Å². The minimum absolute atomic E-state index is 0.0866. The molecule has 0 atom stereocenters. The van der Waals surface area contributed by atoms with Gasteiger partial charge in [0, 0.05) is 6.04 Å². The summed E-state index contributed by atoms with van der Waals surface area (Å²) >= 11 is 0. The average molecular weight is 338 g/mol. The van der Waals surface area contributed by atoms with Crippen LogP contribution < -0.4 is 4.72 Å². The van der Waals surface area contributed by atoms with E-state index in [1.165, 1.54) is 12.0 Å². The zero-order chi connectivity index (χ0) is 17.4. The molecule has 1 aromatic rings. The monoisotopic (exact) mass is 337 g/mol. The van der Waals surface area contributed by atoms with Crippen molar-refractivity contribution in [2.75, 3.05) is 0 Å². The first kappa shape index (κ1) is 18.5. The summed E-state index contributed by atoms with van der Waals surface area (Å²) < 4.78 is 29.0. The van der Waals surface area contributed by atoms with Crippen LogP contribution in [-0.2, 0) is 10.0 Å². The number of benzene rings is 1. The summed E-state index contributed by atoms with van der Waals surface area (Å²) in [4.78, 5) is 0.496. The Morgan fingerprint density at radius 2 is 1.26 bits per heavy atom. The van der Waals surface area contributed by atoms with Crippen LogP contribution in [0, 0.1) is 40.5 Å². The first-order valence-corrected chi connectivity index (χ1v) is 10.3. The molecule has 0 aromatic heterocycles. The van der Waals surface area contributed by atoms with E-state index in [-0.39, 0.29) is 6.04 Å². The molecule has 1 N–H and O–H groups in total. The van der Waals surface area contributed by atoms with Crippen LogP contribution in [0.5, 0.6) is 0 Å². The second-order valence-electron chi connectivity index (χ2n) is 7.20. The highest BCUT2D eigenvalue weighted by Crippen LogP contribution is 2.31. The zero-order valence-electron chi connectivity index (χ0n) is 15.4. The van der Waals surface area contributed by atoms with Gasteiger partial charge in [0.1, 0.15) is 0 Å². The minimum Gasteiger partial charge on any atom is -0.208 e. The quantitative estimate of drug-likeness (QED) is 0.880. The highest BCUT2D eigenvalue weighted by molar-refractivity contribution is 7.89. The van der Waals surface area contributed by atoms with Gasteiger partial charge in [-0.2, -0.15) is 0 Å². The van der Waals surface area contributed by atoms with Crippen molar-refractivity contribution in [3.05, 3.63) is 27.8 Å². The van der Waals surface area contributed by atoms with E-state index in [9.17, 15) is 8.42 Å². The first-order valence-electron chi connectivity index (χ1n) is 8.78. The van der Waals surface area contributed by atoms with Crippen LogP contribution >= 0.6 is 0 Å². The van der Waals surface area contributed by atoms with Gasteiger partial charge in [-0.05, 0) is 94.0 Å². The van der Waals surface area contributed by atoms with Gasteiger partial charge in [0.05, 0.1) is 4.90 Å². The lowest BCUT2D eigenvalue weighted by Crippen LogP contribution is -2.38. The molecule has 1 saturated carbocycles. The summed E-state index contributed by atoms with van der Waals surface area (Å²) in [5.74, 6) is 0.767. The van der Waals surface area contributed by atoms with Gasteiger partial charge in [-0.25, -0.2) is 13.1 Å².